The first-order chi connectivity index (χ1) is 5.18. The predicted octanol–water partition coefficient (Wildman–Crippen LogP) is 3.07. The summed E-state index contributed by atoms with van der Waals surface area (Å²) >= 11 is 5.87. The highest BCUT2D eigenvalue weighted by atomic mass is 35.5. The zero-order valence-corrected chi connectivity index (χ0v) is 8.58. The normalized spacial score (nSPS) is 16.4. The third kappa shape index (κ3) is 4.65. The minimum Gasteiger partial charge on any atom is -0.385 e. The van der Waals surface area contributed by atoms with E-state index in [2.05, 4.69) is 13.8 Å². The molecule has 0 aliphatic heterocycles. The third-order valence-corrected chi connectivity index (χ3v) is 2.73. The monoisotopic (exact) mass is 178 g/mol. The molecule has 0 N–H and O–H groups in total. The molecule has 0 spiro atoms. The maximum absolute atomic E-state index is 5.87. The summed E-state index contributed by atoms with van der Waals surface area (Å²) in [5.41, 5.74) is 0.284. The Morgan fingerprint density at radius 2 is 2.00 bits per heavy atom. The maximum Gasteiger partial charge on any atom is 0.0467 e. The van der Waals surface area contributed by atoms with E-state index >= 15 is 0 Å². The van der Waals surface area contributed by atoms with Crippen molar-refractivity contribution in [3.8, 4) is 0 Å². The highest BCUT2D eigenvalue weighted by Gasteiger charge is 2.21. The topological polar surface area (TPSA) is 9.23 Å². The average Bonchev–Trinajstić information content (AvgIpc) is 2.02. The first kappa shape index (κ1) is 11.2. The number of alkyl halides is 1. The van der Waals surface area contributed by atoms with Gasteiger partial charge in [-0.1, -0.05) is 20.3 Å². The van der Waals surface area contributed by atoms with Gasteiger partial charge in [-0.2, -0.15) is 0 Å². The largest absolute Gasteiger partial charge is 0.385 e. The van der Waals surface area contributed by atoms with Gasteiger partial charge < -0.3 is 4.74 Å². The van der Waals surface area contributed by atoms with E-state index in [0.717, 1.165) is 18.9 Å². The van der Waals surface area contributed by atoms with Gasteiger partial charge in [0, 0.05) is 19.6 Å². The van der Waals surface area contributed by atoms with Crippen LogP contribution < -0.4 is 0 Å². The fraction of sp³-hybridized carbons (Fsp3) is 1.00. The van der Waals surface area contributed by atoms with Gasteiger partial charge in [-0.25, -0.2) is 0 Å². The zero-order valence-electron chi connectivity index (χ0n) is 7.82. The van der Waals surface area contributed by atoms with E-state index in [1.165, 1.54) is 12.8 Å². The molecule has 0 aromatic heterocycles. The second-order valence-electron chi connectivity index (χ2n) is 3.44. The van der Waals surface area contributed by atoms with Crippen molar-refractivity contribution >= 4 is 11.6 Å². The van der Waals surface area contributed by atoms with Gasteiger partial charge in [-0.3, -0.25) is 0 Å². The van der Waals surface area contributed by atoms with Crippen molar-refractivity contribution in [2.75, 3.05) is 19.6 Å². The summed E-state index contributed by atoms with van der Waals surface area (Å²) < 4.78 is 5.03. The molecule has 0 bridgehead atoms. The van der Waals surface area contributed by atoms with Crippen molar-refractivity contribution < 1.29 is 4.74 Å². The van der Waals surface area contributed by atoms with Crippen LogP contribution in [0.3, 0.4) is 0 Å². The quantitative estimate of drug-likeness (QED) is 0.568. The molecule has 1 unspecified atom stereocenters. The van der Waals surface area contributed by atoms with E-state index in [9.17, 15) is 0 Å². The summed E-state index contributed by atoms with van der Waals surface area (Å²) in [7, 11) is 1.74. The Balaban J connectivity index is 3.68. The van der Waals surface area contributed by atoms with Crippen LogP contribution in [0, 0.1) is 5.41 Å². The summed E-state index contributed by atoms with van der Waals surface area (Å²) in [6, 6.07) is 0. The fourth-order valence-corrected chi connectivity index (χ4v) is 1.48. The van der Waals surface area contributed by atoms with E-state index in [4.69, 9.17) is 16.3 Å². The van der Waals surface area contributed by atoms with Crippen molar-refractivity contribution in [1.82, 2.24) is 0 Å². The molecule has 1 atom stereocenters. The molecule has 11 heavy (non-hydrogen) atoms. The molecule has 0 amide bonds. The van der Waals surface area contributed by atoms with Crippen LogP contribution in [0.1, 0.15) is 33.1 Å². The van der Waals surface area contributed by atoms with Gasteiger partial charge in [0.1, 0.15) is 0 Å². The molecule has 0 aromatic rings. The minimum absolute atomic E-state index is 0.284. The Morgan fingerprint density at radius 3 is 2.36 bits per heavy atom. The SMILES string of the molecule is CCCC(C)(CCl)CCOC. The summed E-state index contributed by atoms with van der Waals surface area (Å²) in [6.07, 6.45) is 3.47. The van der Waals surface area contributed by atoms with Gasteiger partial charge in [0.2, 0.25) is 0 Å². The third-order valence-electron chi connectivity index (χ3n) is 2.09. The maximum atomic E-state index is 5.87. The first-order valence-electron chi connectivity index (χ1n) is 4.23. The van der Waals surface area contributed by atoms with Crippen molar-refractivity contribution in [2.45, 2.75) is 33.1 Å². The lowest BCUT2D eigenvalue weighted by molar-refractivity contribution is 0.148. The van der Waals surface area contributed by atoms with Crippen LogP contribution in [-0.4, -0.2) is 19.6 Å². The molecular weight excluding hydrogens is 160 g/mol. The van der Waals surface area contributed by atoms with E-state index in [1.54, 1.807) is 7.11 Å². The van der Waals surface area contributed by atoms with Crippen molar-refractivity contribution in [3.63, 3.8) is 0 Å². The summed E-state index contributed by atoms with van der Waals surface area (Å²) in [5.74, 6) is 0.740. The average molecular weight is 179 g/mol. The number of hydrogen-bond donors (Lipinski definition) is 0. The molecule has 0 aromatic carbocycles. The summed E-state index contributed by atoms with van der Waals surface area (Å²) in [4.78, 5) is 0. The van der Waals surface area contributed by atoms with E-state index in [-0.39, 0.29) is 5.41 Å². The fourth-order valence-electron chi connectivity index (χ4n) is 1.21. The number of methoxy groups -OCH3 is 1. The molecule has 0 heterocycles. The zero-order chi connectivity index (χ0) is 8.74. The van der Waals surface area contributed by atoms with E-state index in [1.807, 2.05) is 0 Å². The Bertz CT molecular complexity index is 95.6. The van der Waals surface area contributed by atoms with Gasteiger partial charge >= 0.3 is 0 Å². The van der Waals surface area contributed by atoms with Gasteiger partial charge in [0.25, 0.3) is 0 Å². The number of ether oxygens (including phenoxy) is 1. The molecule has 0 rings (SSSR count). The lowest BCUT2D eigenvalue weighted by Crippen LogP contribution is -2.20. The van der Waals surface area contributed by atoms with Crippen molar-refractivity contribution in [3.05, 3.63) is 0 Å². The second-order valence-corrected chi connectivity index (χ2v) is 3.70. The van der Waals surface area contributed by atoms with Crippen LogP contribution in [0.25, 0.3) is 0 Å². The minimum atomic E-state index is 0.284. The Morgan fingerprint density at radius 1 is 1.36 bits per heavy atom. The van der Waals surface area contributed by atoms with Gasteiger partial charge in [-0.15, -0.1) is 11.6 Å². The molecule has 0 saturated carbocycles. The lowest BCUT2D eigenvalue weighted by atomic mass is 9.85. The molecule has 0 aliphatic carbocycles. The predicted molar refractivity (Wildman–Crippen MR) is 50.2 cm³/mol. The standard InChI is InChI=1S/C9H19ClO/c1-4-5-9(2,8-10)6-7-11-3/h4-8H2,1-3H3. The Hall–Kier alpha value is 0.250. The van der Waals surface area contributed by atoms with Gasteiger partial charge in [0.05, 0.1) is 0 Å². The lowest BCUT2D eigenvalue weighted by Gasteiger charge is -2.25. The molecule has 2 heteroatoms. The first-order valence-corrected chi connectivity index (χ1v) is 4.77. The van der Waals surface area contributed by atoms with Crippen molar-refractivity contribution in [2.24, 2.45) is 5.41 Å². The summed E-state index contributed by atoms with van der Waals surface area (Å²) in [6.45, 7) is 5.24. The Kier molecular flexibility index (Phi) is 5.98. The highest BCUT2D eigenvalue weighted by molar-refractivity contribution is 6.18. The number of hydrogen-bond acceptors (Lipinski definition) is 1. The molecule has 0 fully saturated rings. The molecular formula is C9H19ClO. The van der Waals surface area contributed by atoms with Crippen LogP contribution in [0.4, 0.5) is 0 Å². The summed E-state index contributed by atoms with van der Waals surface area (Å²) in [5, 5.41) is 0. The van der Waals surface area contributed by atoms with E-state index in [0.29, 0.717) is 0 Å². The van der Waals surface area contributed by atoms with Crippen LogP contribution >= 0.6 is 11.6 Å². The molecule has 68 valence electrons. The smallest absolute Gasteiger partial charge is 0.0467 e. The molecule has 0 saturated heterocycles. The van der Waals surface area contributed by atoms with Crippen LogP contribution in [0.2, 0.25) is 0 Å². The Labute approximate surface area is 75.1 Å². The molecule has 0 radical (unpaired) electrons. The molecule has 1 nitrogen and oxygen atoms in total. The number of rotatable bonds is 6. The second kappa shape index (κ2) is 5.84. The van der Waals surface area contributed by atoms with Crippen molar-refractivity contribution in [1.29, 1.82) is 0 Å². The highest BCUT2D eigenvalue weighted by Crippen LogP contribution is 2.28. The van der Waals surface area contributed by atoms with Crippen LogP contribution in [-0.2, 0) is 4.74 Å². The molecule has 0 aliphatic rings. The van der Waals surface area contributed by atoms with Crippen LogP contribution in [0.15, 0.2) is 0 Å². The van der Waals surface area contributed by atoms with Gasteiger partial charge in [0.15, 0.2) is 0 Å². The van der Waals surface area contributed by atoms with Crippen LogP contribution in [0.5, 0.6) is 0 Å². The number of halogens is 1. The van der Waals surface area contributed by atoms with E-state index < -0.39 is 0 Å². The van der Waals surface area contributed by atoms with Gasteiger partial charge in [-0.05, 0) is 18.3 Å².